The smallest absolute Gasteiger partial charge is 0.426 e. The summed E-state index contributed by atoms with van der Waals surface area (Å²) in [5.41, 5.74) is -4.72. The Labute approximate surface area is 135 Å². The van der Waals surface area contributed by atoms with Gasteiger partial charge in [-0.1, -0.05) is 13.8 Å². The number of alkyl halides is 6. The van der Waals surface area contributed by atoms with Gasteiger partial charge in [-0.3, -0.25) is 4.79 Å². The number of fused-ring (bicyclic) bond motifs is 2. The molecule has 2 rings (SSSR count). The fourth-order valence-corrected chi connectivity index (χ4v) is 3.89. The number of esters is 1. The van der Waals surface area contributed by atoms with Gasteiger partial charge in [-0.05, 0) is 37.5 Å². The summed E-state index contributed by atoms with van der Waals surface area (Å²) in [5, 5.41) is 9.54. The van der Waals surface area contributed by atoms with Crippen LogP contribution in [0.3, 0.4) is 0 Å². The van der Waals surface area contributed by atoms with Crippen molar-refractivity contribution in [1.82, 2.24) is 0 Å². The molecule has 0 aromatic carbocycles. The number of halogens is 6. The van der Waals surface area contributed by atoms with Gasteiger partial charge in [0, 0.05) is 5.92 Å². The first-order chi connectivity index (χ1) is 10.8. The molecule has 3 nitrogen and oxygen atoms in total. The Morgan fingerprint density at radius 1 is 1.08 bits per heavy atom. The predicted molar refractivity (Wildman–Crippen MR) is 70.7 cm³/mol. The summed E-state index contributed by atoms with van der Waals surface area (Å²) in [4.78, 5) is 11.8. The standard InChI is InChI=1S/C15H20F6O3/c1-3-7(2)12(22)24-11-6-8-4-9(11)5-10(8)13(23,14(16,17)18)15(19,20)21/h7-11,23H,3-6H2,1-2H3/t7?,8?,9?,10-,11?/m1/s1. The number of carbonyl (C=O) groups is 1. The van der Waals surface area contributed by atoms with E-state index in [1.54, 1.807) is 13.8 Å². The number of aliphatic hydroxyl groups is 1. The predicted octanol–water partition coefficient (Wildman–Crippen LogP) is 3.85. The summed E-state index contributed by atoms with van der Waals surface area (Å²) in [5.74, 6) is -4.38. The summed E-state index contributed by atoms with van der Waals surface area (Å²) in [6.07, 6.45) is -12.2. The van der Waals surface area contributed by atoms with Crippen molar-refractivity contribution in [3.63, 3.8) is 0 Å². The van der Waals surface area contributed by atoms with Gasteiger partial charge in [0.05, 0.1) is 5.92 Å². The van der Waals surface area contributed by atoms with Crippen molar-refractivity contribution < 1.29 is 41.0 Å². The van der Waals surface area contributed by atoms with E-state index in [0.29, 0.717) is 6.42 Å². The molecule has 0 heterocycles. The molecule has 2 saturated carbocycles. The fourth-order valence-electron chi connectivity index (χ4n) is 3.89. The molecule has 0 aromatic heterocycles. The number of hydrogen-bond donors (Lipinski definition) is 1. The van der Waals surface area contributed by atoms with Crippen LogP contribution >= 0.6 is 0 Å². The van der Waals surface area contributed by atoms with Gasteiger partial charge in [0.1, 0.15) is 6.10 Å². The van der Waals surface area contributed by atoms with E-state index >= 15 is 0 Å². The van der Waals surface area contributed by atoms with Crippen LogP contribution < -0.4 is 0 Å². The lowest BCUT2D eigenvalue weighted by Crippen LogP contribution is -2.63. The Morgan fingerprint density at radius 2 is 1.62 bits per heavy atom. The molecular formula is C15H20F6O3. The molecule has 2 fully saturated rings. The lowest BCUT2D eigenvalue weighted by molar-refractivity contribution is -0.389. The van der Waals surface area contributed by atoms with E-state index in [1.807, 2.05) is 0 Å². The molecule has 0 radical (unpaired) electrons. The summed E-state index contributed by atoms with van der Waals surface area (Å²) >= 11 is 0. The van der Waals surface area contributed by atoms with Gasteiger partial charge in [0.15, 0.2) is 0 Å². The highest BCUT2D eigenvalue weighted by Crippen LogP contribution is 2.60. The van der Waals surface area contributed by atoms with Crippen molar-refractivity contribution in [2.45, 2.75) is 63.6 Å². The Bertz CT molecular complexity index is 473. The minimum atomic E-state index is -5.80. The average molecular weight is 362 g/mol. The van der Waals surface area contributed by atoms with Gasteiger partial charge in [0.25, 0.3) is 5.60 Å². The third-order valence-electron chi connectivity index (χ3n) is 5.48. The number of rotatable bonds is 4. The number of ether oxygens (including phenoxy) is 1. The maximum Gasteiger partial charge on any atom is 0.426 e. The maximum atomic E-state index is 13.0. The first-order valence-electron chi connectivity index (χ1n) is 7.89. The number of hydrogen-bond acceptors (Lipinski definition) is 3. The Morgan fingerprint density at radius 3 is 2.00 bits per heavy atom. The Balaban J connectivity index is 2.13. The fraction of sp³-hybridized carbons (Fsp3) is 0.933. The topological polar surface area (TPSA) is 46.5 Å². The first kappa shape index (κ1) is 19.3. The second-order valence-corrected chi connectivity index (χ2v) is 6.88. The molecule has 2 aliphatic rings. The van der Waals surface area contributed by atoms with Crippen molar-refractivity contribution in [2.75, 3.05) is 0 Å². The lowest BCUT2D eigenvalue weighted by atomic mass is 9.74. The van der Waals surface area contributed by atoms with Crippen LogP contribution in [-0.2, 0) is 9.53 Å². The van der Waals surface area contributed by atoms with E-state index in [2.05, 4.69) is 0 Å². The van der Waals surface area contributed by atoms with Crippen LogP contribution in [0.25, 0.3) is 0 Å². The zero-order chi connectivity index (χ0) is 18.5. The minimum Gasteiger partial charge on any atom is -0.462 e. The van der Waals surface area contributed by atoms with Gasteiger partial charge >= 0.3 is 18.3 Å². The molecule has 9 heteroatoms. The molecule has 0 aromatic rings. The molecule has 0 aliphatic heterocycles. The highest BCUT2D eigenvalue weighted by atomic mass is 19.4. The van der Waals surface area contributed by atoms with E-state index in [-0.39, 0.29) is 18.8 Å². The molecule has 5 atom stereocenters. The summed E-state index contributed by atoms with van der Waals surface area (Å²) in [7, 11) is 0. The first-order valence-corrected chi connectivity index (χ1v) is 7.89. The molecule has 1 N–H and O–H groups in total. The van der Waals surface area contributed by atoms with Crippen LogP contribution in [-0.4, -0.2) is 35.1 Å². The molecule has 0 amide bonds. The second-order valence-electron chi connectivity index (χ2n) is 6.88. The van der Waals surface area contributed by atoms with Gasteiger partial charge in [0.2, 0.25) is 0 Å². The van der Waals surface area contributed by atoms with Gasteiger partial charge in [-0.15, -0.1) is 0 Å². The Hall–Kier alpha value is -0.990. The van der Waals surface area contributed by atoms with Crippen LogP contribution in [0, 0.1) is 23.7 Å². The minimum absolute atomic E-state index is 0.0774. The van der Waals surface area contributed by atoms with E-state index in [4.69, 9.17) is 4.74 Å². The van der Waals surface area contributed by atoms with E-state index in [1.165, 1.54) is 0 Å². The van der Waals surface area contributed by atoms with Crippen LogP contribution in [0.1, 0.15) is 39.5 Å². The zero-order valence-corrected chi connectivity index (χ0v) is 13.2. The average Bonchev–Trinajstić information content (AvgIpc) is 3.02. The molecule has 2 aliphatic carbocycles. The molecular weight excluding hydrogens is 342 g/mol. The molecule has 2 bridgehead atoms. The van der Waals surface area contributed by atoms with Crippen molar-refractivity contribution in [3.05, 3.63) is 0 Å². The lowest BCUT2D eigenvalue weighted by Gasteiger charge is -2.41. The van der Waals surface area contributed by atoms with Gasteiger partial charge < -0.3 is 9.84 Å². The Kier molecular flexibility index (Phi) is 4.89. The molecule has 0 saturated heterocycles. The highest BCUT2D eigenvalue weighted by Gasteiger charge is 2.76. The maximum absolute atomic E-state index is 13.0. The van der Waals surface area contributed by atoms with Gasteiger partial charge in [-0.25, -0.2) is 0 Å². The van der Waals surface area contributed by atoms with Crippen LogP contribution in [0.2, 0.25) is 0 Å². The molecule has 4 unspecified atom stereocenters. The SMILES string of the molecule is CCC(C)C(=O)OC1CC2CC1C[C@H]2C(O)(C(F)(F)F)C(F)(F)F. The molecule has 0 spiro atoms. The third-order valence-corrected chi connectivity index (χ3v) is 5.48. The largest absolute Gasteiger partial charge is 0.462 e. The quantitative estimate of drug-likeness (QED) is 0.611. The second kappa shape index (κ2) is 6.07. The van der Waals surface area contributed by atoms with Crippen LogP contribution in [0.15, 0.2) is 0 Å². The van der Waals surface area contributed by atoms with Crippen molar-refractivity contribution in [3.8, 4) is 0 Å². The molecule has 24 heavy (non-hydrogen) atoms. The van der Waals surface area contributed by atoms with E-state index in [9.17, 15) is 36.2 Å². The van der Waals surface area contributed by atoms with Crippen LogP contribution in [0.4, 0.5) is 26.3 Å². The highest BCUT2D eigenvalue weighted by molar-refractivity contribution is 5.72. The third kappa shape index (κ3) is 2.99. The van der Waals surface area contributed by atoms with E-state index in [0.717, 1.165) is 0 Å². The van der Waals surface area contributed by atoms with Gasteiger partial charge in [-0.2, -0.15) is 26.3 Å². The molecule has 140 valence electrons. The monoisotopic (exact) mass is 362 g/mol. The van der Waals surface area contributed by atoms with E-state index < -0.39 is 54.2 Å². The summed E-state index contributed by atoms with van der Waals surface area (Å²) in [6.45, 7) is 3.42. The van der Waals surface area contributed by atoms with Crippen molar-refractivity contribution in [1.29, 1.82) is 0 Å². The van der Waals surface area contributed by atoms with Crippen LogP contribution in [0.5, 0.6) is 0 Å². The normalized spacial score (nSPS) is 32.0. The van der Waals surface area contributed by atoms with Crippen molar-refractivity contribution >= 4 is 5.97 Å². The zero-order valence-electron chi connectivity index (χ0n) is 13.2. The summed E-state index contributed by atoms with van der Waals surface area (Å²) < 4.78 is 83.1. The summed E-state index contributed by atoms with van der Waals surface area (Å²) in [6, 6.07) is 0. The number of carbonyl (C=O) groups excluding carboxylic acids is 1. The van der Waals surface area contributed by atoms with Crippen molar-refractivity contribution in [2.24, 2.45) is 23.7 Å².